The second-order valence-electron chi connectivity index (χ2n) is 2.39. The Balaban J connectivity index is 2.72. The lowest BCUT2D eigenvalue weighted by molar-refractivity contribution is 0.247. The topological polar surface area (TPSA) is 41.1 Å². The fourth-order valence-corrected chi connectivity index (χ4v) is 1.27. The Hall–Kier alpha value is -0.920. The van der Waals surface area contributed by atoms with Crippen LogP contribution in [0.1, 0.15) is 0 Å². The molecule has 76 valence electrons. The van der Waals surface area contributed by atoms with E-state index >= 15 is 0 Å². The van der Waals surface area contributed by atoms with Crippen molar-refractivity contribution in [2.75, 3.05) is 12.1 Å². The van der Waals surface area contributed by atoms with E-state index in [1.165, 1.54) is 12.1 Å². The number of rotatable bonds is 2. The first-order chi connectivity index (χ1) is 6.63. The number of carbonyl (C=O) groups excluding carboxylic acids is 1. The predicted molar refractivity (Wildman–Crippen MR) is 57.2 cm³/mol. The highest BCUT2D eigenvalue weighted by molar-refractivity contribution is 14.1. The van der Waals surface area contributed by atoms with Crippen LogP contribution in [0.4, 0.5) is 19.3 Å². The molecule has 14 heavy (non-hydrogen) atoms. The Kier molecular flexibility index (Phi) is 4.05. The van der Waals surface area contributed by atoms with E-state index in [0.29, 0.717) is 0 Å². The number of anilines is 1. The highest BCUT2D eigenvalue weighted by Gasteiger charge is 2.05. The van der Waals surface area contributed by atoms with Gasteiger partial charge in [-0.15, -0.1) is 0 Å². The van der Waals surface area contributed by atoms with Crippen LogP contribution in [-0.2, 0) is 0 Å². The molecule has 1 aromatic rings. The molecule has 0 aliphatic carbocycles. The lowest BCUT2D eigenvalue weighted by Crippen LogP contribution is -2.28. The summed E-state index contributed by atoms with van der Waals surface area (Å²) in [5.41, 5.74) is 0.0244. The van der Waals surface area contributed by atoms with E-state index in [1.807, 2.05) is 27.9 Å². The van der Waals surface area contributed by atoms with Gasteiger partial charge >= 0.3 is 6.03 Å². The number of nitrogens with one attached hydrogen (secondary N) is 2. The van der Waals surface area contributed by atoms with Crippen LogP contribution in [0.5, 0.6) is 0 Å². The van der Waals surface area contributed by atoms with Crippen LogP contribution in [0.3, 0.4) is 0 Å². The molecule has 0 aliphatic heterocycles. The quantitative estimate of drug-likeness (QED) is 0.639. The summed E-state index contributed by atoms with van der Waals surface area (Å²) in [4.78, 5) is 10.8. The second kappa shape index (κ2) is 5.08. The Morgan fingerprint density at radius 2 is 2.21 bits per heavy atom. The maximum absolute atomic E-state index is 13.1. The lowest BCUT2D eigenvalue weighted by atomic mass is 10.3. The molecule has 0 saturated carbocycles. The van der Waals surface area contributed by atoms with Gasteiger partial charge < -0.3 is 10.6 Å². The average molecular weight is 312 g/mol. The first-order valence-electron chi connectivity index (χ1n) is 3.69. The number of hydrogen-bond donors (Lipinski definition) is 2. The van der Waals surface area contributed by atoms with Crippen molar-refractivity contribution in [3.63, 3.8) is 0 Å². The van der Waals surface area contributed by atoms with Gasteiger partial charge in [-0.2, -0.15) is 0 Å². The molecule has 1 rings (SSSR count). The van der Waals surface area contributed by atoms with Gasteiger partial charge in [0.2, 0.25) is 0 Å². The lowest BCUT2D eigenvalue weighted by Gasteiger charge is -2.05. The first kappa shape index (κ1) is 11.2. The minimum Gasteiger partial charge on any atom is -0.310 e. The fraction of sp³-hybridized carbons (Fsp3) is 0.125. The molecule has 0 unspecified atom stereocenters. The van der Waals surface area contributed by atoms with Gasteiger partial charge in [-0.3, -0.25) is 0 Å². The van der Waals surface area contributed by atoms with Crippen molar-refractivity contribution in [1.82, 2.24) is 5.32 Å². The molecular weight excluding hydrogens is 305 g/mol. The van der Waals surface area contributed by atoms with Gasteiger partial charge in [0.05, 0.1) is 5.69 Å². The molecule has 0 saturated heterocycles. The molecule has 0 aliphatic rings. The maximum atomic E-state index is 13.1. The molecule has 0 aromatic heterocycles. The van der Waals surface area contributed by atoms with E-state index < -0.39 is 18.6 Å². The fourth-order valence-electron chi connectivity index (χ4n) is 0.818. The van der Waals surface area contributed by atoms with Gasteiger partial charge in [-0.05, 0) is 40.8 Å². The number of carbonyl (C=O) groups is 1. The van der Waals surface area contributed by atoms with Gasteiger partial charge in [-0.1, -0.05) is 0 Å². The highest BCUT2D eigenvalue weighted by atomic mass is 127. The number of halogens is 3. The van der Waals surface area contributed by atoms with E-state index in [9.17, 15) is 13.6 Å². The summed E-state index contributed by atoms with van der Waals surface area (Å²) in [6.07, 6.45) is 0. The van der Waals surface area contributed by atoms with Gasteiger partial charge in [0, 0.05) is 3.57 Å². The second-order valence-corrected chi connectivity index (χ2v) is 3.63. The number of urea groups is 1. The summed E-state index contributed by atoms with van der Waals surface area (Å²) < 4.78 is 25.5. The standard InChI is InChI=1S/C8H7F2IN2O/c9-4-12-8(14)13-7-2-1-5(11)3-6(7)10/h1-3H,4H2,(H2,12,13,14). The summed E-state index contributed by atoms with van der Waals surface area (Å²) >= 11 is 1.94. The molecule has 0 atom stereocenters. The van der Waals surface area contributed by atoms with Crippen LogP contribution in [0.15, 0.2) is 18.2 Å². The molecule has 0 fully saturated rings. The van der Waals surface area contributed by atoms with Crippen LogP contribution in [-0.4, -0.2) is 12.8 Å². The minimum atomic E-state index is -0.988. The summed E-state index contributed by atoms with van der Waals surface area (Å²) in [6.45, 7) is -0.988. The van der Waals surface area contributed by atoms with Crippen molar-refractivity contribution in [2.24, 2.45) is 0 Å². The van der Waals surface area contributed by atoms with Crippen LogP contribution in [0.2, 0.25) is 0 Å². The van der Waals surface area contributed by atoms with Crippen LogP contribution in [0.25, 0.3) is 0 Å². The average Bonchev–Trinajstić information content (AvgIpc) is 2.10. The normalized spacial score (nSPS) is 9.64. The summed E-state index contributed by atoms with van der Waals surface area (Å²) in [6, 6.07) is 3.54. The molecule has 2 N–H and O–H groups in total. The van der Waals surface area contributed by atoms with Crippen molar-refractivity contribution in [3.8, 4) is 0 Å². The summed E-state index contributed by atoms with van der Waals surface area (Å²) in [7, 11) is 0. The molecule has 0 radical (unpaired) electrons. The summed E-state index contributed by atoms with van der Waals surface area (Å²) in [5.74, 6) is -0.550. The maximum Gasteiger partial charge on any atom is 0.321 e. The third-order valence-corrected chi connectivity index (χ3v) is 2.08. The van der Waals surface area contributed by atoms with Gasteiger partial charge in [0.15, 0.2) is 6.80 Å². The molecular formula is C8H7F2IN2O. The number of alkyl halides is 1. The third kappa shape index (κ3) is 3.09. The van der Waals surface area contributed by atoms with Crippen LogP contribution >= 0.6 is 22.6 Å². The van der Waals surface area contributed by atoms with Crippen molar-refractivity contribution in [2.45, 2.75) is 0 Å². The van der Waals surface area contributed by atoms with Crippen molar-refractivity contribution in [3.05, 3.63) is 27.6 Å². The van der Waals surface area contributed by atoms with Gasteiger partial charge in [0.25, 0.3) is 0 Å². The van der Waals surface area contributed by atoms with Crippen molar-refractivity contribution < 1.29 is 13.6 Å². The van der Waals surface area contributed by atoms with Crippen molar-refractivity contribution in [1.29, 1.82) is 0 Å². The molecule has 3 nitrogen and oxygen atoms in total. The van der Waals surface area contributed by atoms with E-state index in [4.69, 9.17) is 0 Å². The Bertz CT molecular complexity index is 346. The van der Waals surface area contributed by atoms with Crippen LogP contribution in [0, 0.1) is 9.39 Å². The van der Waals surface area contributed by atoms with E-state index in [1.54, 1.807) is 6.07 Å². The third-order valence-electron chi connectivity index (χ3n) is 1.41. The van der Waals surface area contributed by atoms with E-state index in [-0.39, 0.29) is 5.69 Å². The smallest absolute Gasteiger partial charge is 0.310 e. The number of amides is 2. The Morgan fingerprint density at radius 1 is 1.50 bits per heavy atom. The molecule has 1 aromatic carbocycles. The molecule has 0 spiro atoms. The predicted octanol–water partition coefficient (Wildman–Crippen LogP) is 2.48. The van der Waals surface area contributed by atoms with E-state index in [0.717, 1.165) is 3.57 Å². The largest absolute Gasteiger partial charge is 0.321 e. The monoisotopic (exact) mass is 312 g/mol. The first-order valence-corrected chi connectivity index (χ1v) is 4.77. The number of benzene rings is 1. The molecule has 0 heterocycles. The van der Waals surface area contributed by atoms with E-state index in [2.05, 4.69) is 5.32 Å². The summed E-state index contributed by atoms with van der Waals surface area (Å²) in [5, 5.41) is 4.02. The zero-order valence-corrected chi connectivity index (χ0v) is 9.14. The zero-order chi connectivity index (χ0) is 10.6. The molecule has 6 heteroatoms. The highest BCUT2D eigenvalue weighted by Crippen LogP contribution is 2.16. The Morgan fingerprint density at radius 3 is 2.79 bits per heavy atom. The van der Waals surface area contributed by atoms with Crippen LogP contribution < -0.4 is 10.6 Å². The van der Waals surface area contributed by atoms with Gasteiger partial charge in [-0.25, -0.2) is 13.6 Å². The minimum absolute atomic E-state index is 0.0244. The zero-order valence-electron chi connectivity index (χ0n) is 6.98. The Labute approximate surface area is 93.0 Å². The van der Waals surface area contributed by atoms with Crippen molar-refractivity contribution >= 4 is 34.3 Å². The molecule has 0 bridgehead atoms. The van der Waals surface area contributed by atoms with Gasteiger partial charge in [0.1, 0.15) is 5.82 Å². The number of hydrogen-bond acceptors (Lipinski definition) is 1. The molecule has 2 amide bonds. The SMILES string of the molecule is O=C(NCF)Nc1ccc(I)cc1F.